The van der Waals surface area contributed by atoms with Crippen molar-refractivity contribution in [1.82, 2.24) is 4.98 Å². The molecule has 3 rings (SSSR count). The second kappa shape index (κ2) is 7.52. The van der Waals surface area contributed by atoms with E-state index < -0.39 is 0 Å². The number of H-pyrrole nitrogens is 1. The molecule has 5 nitrogen and oxygen atoms in total. The maximum atomic E-state index is 12.7. The van der Waals surface area contributed by atoms with Crippen LogP contribution in [0.15, 0.2) is 42.5 Å². The van der Waals surface area contributed by atoms with Crippen molar-refractivity contribution in [2.45, 2.75) is 33.3 Å². The zero-order valence-electron chi connectivity index (χ0n) is 15.6. The van der Waals surface area contributed by atoms with Gasteiger partial charge in [-0.2, -0.15) is 0 Å². The number of hydrogen-bond donors (Lipinski definition) is 2. The van der Waals surface area contributed by atoms with Gasteiger partial charge in [-0.15, -0.1) is 0 Å². The third kappa shape index (κ3) is 3.82. The van der Waals surface area contributed by atoms with E-state index in [-0.39, 0.29) is 18.4 Å². The summed E-state index contributed by atoms with van der Waals surface area (Å²) in [5, 5.41) is 3.97. The number of hydrogen-bond acceptors (Lipinski definition) is 3. The summed E-state index contributed by atoms with van der Waals surface area (Å²) in [4.78, 5) is 16.0. The first kappa shape index (κ1) is 17.9. The van der Waals surface area contributed by atoms with Crippen molar-refractivity contribution in [2.24, 2.45) is 0 Å². The SMILES string of the molecule is COc1ccc2[nH]c(C)c(CC(=O)Nc3ccccc3OC(C)C)c2c1. The van der Waals surface area contributed by atoms with Crippen LogP contribution in [0.25, 0.3) is 10.9 Å². The van der Waals surface area contributed by atoms with Gasteiger partial charge in [0.2, 0.25) is 5.91 Å². The first-order chi connectivity index (χ1) is 12.5. The van der Waals surface area contributed by atoms with Gasteiger partial charge in [0, 0.05) is 16.6 Å². The van der Waals surface area contributed by atoms with Crippen LogP contribution in [0.2, 0.25) is 0 Å². The Morgan fingerprint density at radius 2 is 1.96 bits per heavy atom. The van der Waals surface area contributed by atoms with Gasteiger partial charge in [-0.1, -0.05) is 12.1 Å². The fourth-order valence-electron chi connectivity index (χ4n) is 3.00. The maximum Gasteiger partial charge on any atom is 0.228 e. The second-order valence-electron chi connectivity index (χ2n) is 6.53. The van der Waals surface area contributed by atoms with E-state index in [4.69, 9.17) is 9.47 Å². The standard InChI is InChI=1S/C21H24N2O3/c1-13(2)26-20-8-6-5-7-19(20)23-21(24)12-16-14(3)22-18-10-9-15(25-4)11-17(16)18/h5-11,13,22H,12H2,1-4H3,(H,23,24). The Morgan fingerprint density at radius 1 is 1.19 bits per heavy atom. The summed E-state index contributed by atoms with van der Waals surface area (Å²) < 4.78 is 11.1. The van der Waals surface area contributed by atoms with Crippen LogP contribution in [-0.4, -0.2) is 24.1 Å². The molecular formula is C21H24N2O3. The predicted molar refractivity (Wildman–Crippen MR) is 104 cm³/mol. The highest BCUT2D eigenvalue weighted by Crippen LogP contribution is 2.28. The van der Waals surface area contributed by atoms with Gasteiger partial charge in [0.25, 0.3) is 0 Å². The van der Waals surface area contributed by atoms with Crippen LogP contribution >= 0.6 is 0 Å². The van der Waals surface area contributed by atoms with Crippen LogP contribution in [0.4, 0.5) is 5.69 Å². The summed E-state index contributed by atoms with van der Waals surface area (Å²) in [6, 6.07) is 13.3. The zero-order chi connectivity index (χ0) is 18.7. The average molecular weight is 352 g/mol. The Kier molecular flexibility index (Phi) is 5.16. The van der Waals surface area contributed by atoms with Gasteiger partial charge in [0.05, 0.1) is 25.3 Å². The Morgan fingerprint density at radius 3 is 2.69 bits per heavy atom. The molecule has 0 aliphatic heterocycles. The van der Waals surface area contributed by atoms with Gasteiger partial charge in [0.1, 0.15) is 11.5 Å². The van der Waals surface area contributed by atoms with Crippen molar-refractivity contribution < 1.29 is 14.3 Å². The summed E-state index contributed by atoms with van der Waals surface area (Å²) in [6.45, 7) is 5.90. The molecule has 0 bridgehead atoms. The number of methoxy groups -OCH3 is 1. The Labute approximate surface area is 153 Å². The molecule has 26 heavy (non-hydrogen) atoms. The van der Waals surface area contributed by atoms with E-state index in [1.54, 1.807) is 7.11 Å². The van der Waals surface area contributed by atoms with Crippen molar-refractivity contribution in [2.75, 3.05) is 12.4 Å². The molecule has 5 heteroatoms. The van der Waals surface area contributed by atoms with Crippen LogP contribution in [0.5, 0.6) is 11.5 Å². The normalized spacial score (nSPS) is 11.0. The molecule has 3 aromatic rings. The van der Waals surface area contributed by atoms with Crippen LogP contribution < -0.4 is 14.8 Å². The molecule has 0 saturated carbocycles. The first-order valence-corrected chi connectivity index (χ1v) is 8.68. The molecule has 0 radical (unpaired) electrons. The van der Waals surface area contributed by atoms with E-state index in [2.05, 4.69) is 10.3 Å². The molecule has 1 heterocycles. The number of para-hydroxylation sites is 2. The molecule has 0 aliphatic carbocycles. The lowest BCUT2D eigenvalue weighted by Crippen LogP contribution is -2.16. The van der Waals surface area contributed by atoms with Gasteiger partial charge < -0.3 is 19.8 Å². The number of fused-ring (bicyclic) bond motifs is 1. The number of aromatic nitrogens is 1. The van der Waals surface area contributed by atoms with E-state index in [1.807, 2.05) is 63.2 Å². The number of anilines is 1. The summed E-state index contributed by atoms with van der Waals surface area (Å²) in [7, 11) is 1.64. The van der Waals surface area contributed by atoms with Crippen LogP contribution in [0.1, 0.15) is 25.1 Å². The molecule has 136 valence electrons. The molecule has 0 spiro atoms. The Hall–Kier alpha value is -2.95. The summed E-state index contributed by atoms with van der Waals surface area (Å²) in [5.74, 6) is 1.36. The van der Waals surface area contributed by atoms with Gasteiger partial charge in [0.15, 0.2) is 0 Å². The monoisotopic (exact) mass is 352 g/mol. The van der Waals surface area contributed by atoms with Crippen molar-refractivity contribution in [3.05, 3.63) is 53.7 Å². The number of carbonyl (C=O) groups is 1. The molecular weight excluding hydrogens is 328 g/mol. The van der Waals surface area contributed by atoms with Crippen molar-refractivity contribution >= 4 is 22.5 Å². The molecule has 2 N–H and O–H groups in total. The van der Waals surface area contributed by atoms with E-state index >= 15 is 0 Å². The lowest BCUT2D eigenvalue weighted by atomic mass is 10.1. The molecule has 0 saturated heterocycles. The highest BCUT2D eigenvalue weighted by Gasteiger charge is 2.15. The number of amides is 1. The molecule has 1 aromatic heterocycles. The minimum atomic E-state index is -0.0865. The van der Waals surface area contributed by atoms with Crippen LogP contribution in [0, 0.1) is 6.92 Å². The highest BCUT2D eigenvalue weighted by atomic mass is 16.5. The van der Waals surface area contributed by atoms with E-state index in [1.165, 1.54) is 0 Å². The topological polar surface area (TPSA) is 63.4 Å². The van der Waals surface area contributed by atoms with Crippen LogP contribution in [-0.2, 0) is 11.2 Å². The third-order valence-electron chi connectivity index (χ3n) is 4.19. The number of aryl methyl sites for hydroxylation is 1. The third-order valence-corrected chi connectivity index (χ3v) is 4.19. The maximum absolute atomic E-state index is 12.7. The van der Waals surface area contributed by atoms with E-state index in [0.717, 1.165) is 27.9 Å². The predicted octanol–water partition coefficient (Wildman–Crippen LogP) is 4.45. The van der Waals surface area contributed by atoms with Crippen molar-refractivity contribution in [3.63, 3.8) is 0 Å². The molecule has 0 fully saturated rings. The number of nitrogens with one attached hydrogen (secondary N) is 2. The van der Waals surface area contributed by atoms with Crippen LogP contribution in [0.3, 0.4) is 0 Å². The fraction of sp³-hybridized carbons (Fsp3) is 0.286. The molecule has 0 unspecified atom stereocenters. The average Bonchev–Trinajstić information content (AvgIpc) is 2.91. The Balaban J connectivity index is 1.83. The number of aromatic amines is 1. The van der Waals surface area contributed by atoms with Gasteiger partial charge in [-0.25, -0.2) is 0 Å². The van der Waals surface area contributed by atoms with Gasteiger partial charge in [-0.05, 0) is 56.7 Å². The van der Waals surface area contributed by atoms with E-state index in [0.29, 0.717) is 11.4 Å². The van der Waals surface area contributed by atoms with Crippen molar-refractivity contribution in [1.29, 1.82) is 0 Å². The first-order valence-electron chi connectivity index (χ1n) is 8.68. The smallest absolute Gasteiger partial charge is 0.228 e. The fourth-order valence-corrected chi connectivity index (χ4v) is 3.00. The van der Waals surface area contributed by atoms with Crippen molar-refractivity contribution in [3.8, 4) is 11.5 Å². The number of rotatable bonds is 6. The number of ether oxygens (including phenoxy) is 2. The molecule has 0 aliphatic rings. The van der Waals surface area contributed by atoms with Gasteiger partial charge >= 0.3 is 0 Å². The minimum Gasteiger partial charge on any atom is -0.497 e. The molecule has 2 aromatic carbocycles. The summed E-state index contributed by atoms with van der Waals surface area (Å²) in [6.07, 6.45) is 0.311. The van der Waals surface area contributed by atoms with Gasteiger partial charge in [-0.3, -0.25) is 4.79 Å². The highest BCUT2D eigenvalue weighted by molar-refractivity contribution is 5.97. The number of benzene rings is 2. The number of carbonyl (C=O) groups excluding carboxylic acids is 1. The summed E-state index contributed by atoms with van der Waals surface area (Å²) in [5.41, 5.74) is 3.63. The minimum absolute atomic E-state index is 0.0383. The largest absolute Gasteiger partial charge is 0.497 e. The Bertz CT molecular complexity index is 928. The molecule has 0 atom stereocenters. The summed E-state index contributed by atoms with van der Waals surface area (Å²) >= 11 is 0. The second-order valence-corrected chi connectivity index (χ2v) is 6.53. The molecule has 1 amide bonds. The lowest BCUT2D eigenvalue weighted by molar-refractivity contribution is -0.115. The lowest BCUT2D eigenvalue weighted by Gasteiger charge is -2.14. The zero-order valence-corrected chi connectivity index (χ0v) is 15.6. The quantitative estimate of drug-likeness (QED) is 0.689. The van der Waals surface area contributed by atoms with E-state index in [9.17, 15) is 4.79 Å².